The minimum atomic E-state index is -0.344. The summed E-state index contributed by atoms with van der Waals surface area (Å²) in [4.78, 5) is 38.1. The van der Waals surface area contributed by atoms with Crippen LogP contribution in [-0.2, 0) is 9.59 Å². The minimum Gasteiger partial charge on any atom is -0.326 e. The number of rotatable bonds is 6. The molecule has 0 radical (unpaired) electrons. The molecule has 0 atom stereocenters. The van der Waals surface area contributed by atoms with Crippen molar-refractivity contribution in [2.75, 3.05) is 11.9 Å². The number of nitrogens with one attached hydrogen (secondary N) is 1. The minimum absolute atomic E-state index is 0.189. The van der Waals surface area contributed by atoms with Crippen molar-refractivity contribution < 1.29 is 14.4 Å². The summed E-state index contributed by atoms with van der Waals surface area (Å²) >= 11 is 12.6. The Morgan fingerprint density at radius 3 is 2.25 bits per heavy atom. The quantitative estimate of drug-likeness (QED) is 0.613. The topological polar surface area (TPSA) is 66.5 Å². The van der Waals surface area contributed by atoms with Crippen molar-refractivity contribution in [3.63, 3.8) is 0 Å². The van der Waals surface area contributed by atoms with Gasteiger partial charge in [0.2, 0.25) is 5.91 Å². The van der Waals surface area contributed by atoms with E-state index >= 15 is 0 Å². The van der Waals surface area contributed by atoms with Gasteiger partial charge in [0.15, 0.2) is 0 Å². The molecule has 1 aliphatic rings. The van der Waals surface area contributed by atoms with Crippen LogP contribution < -0.4 is 5.32 Å². The molecule has 1 N–H and O–H groups in total. The van der Waals surface area contributed by atoms with Crippen molar-refractivity contribution in [2.45, 2.75) is 12.8 Å². The van der Waals surface area contributed by atoms with Crippen LogP contribution in [0.2, 0.25) is 10.0 Å². The predicted octanol–water partition coefficient (Wildman–Crippen LogP) is 5.45. The SMILES string of the molecule is O=C(CCCN1C(=O)S/C(=C\c2ccc(Cl)cc2)C1=O)Nc1ccc(Cl)cc1. The molecule has 1 saturated heterocycles. The lowest BCUT2D eigenvalue weighted by molar-refractivity contribution is -0.123. The number of hydrogen-bond acceptors (Lipinski definition) is 4. The lowest BCUT2D eigenvalue weighted by Gasteiger charge is -2.12. The number of imide groups is 1. The highest BCUT2D eigenvalue weighted by Crippen LogP contribution is 2.32. The van der Waals surface area contributed by atoms with Crippen LogP contribution in [0.1, 0.15) is 18.4 Å². The van der Waals surface area contributed by atoms with E-state index in [1.165, 1.54) is 4.90 Å². The smallest absolute Gasteiger partial charge is 0.293 e. The molecule has 8 heteroatoms. The molecule has 0 bridgehead atoms. The molecule has 2 aromatic rings. The second-order valence-corrected chi connectivity index (χ2v) is 7.91. The molecular formula is C20H16Cl2N2O3S. The lowest BCUT2D eigenvalue weighted by atomic mass is 10.2. The Morgan fingerprint density at radius 2 is 1.61 bits per heavy atom. The van der Waals surface area contributed by atoms with Gasteiger partial charge in [-0.3, -0.25) is 19.3 Å². The van der Waals surface area contributed by atoms with Crippen molar-refractivity contribution in [2.24, 2.45) is 0 Å². The third-order valence-corrected chi connectivity index (χ3v) is 5.37. The van der Waals surface area contributed by atoms with Crippen molar-refractivity contribution in [3.8, 4) is 0 Å². The number of amides is 3. The first kappa shape index (κ1) is 20.5. The summed E-state index contributed by atoms with van der Waals surface area (Å²) in [6, 6.07) is 13.8. The summed E-state index contributed by atoms with van der Waals surface area (Å²) < 4.78 is 0. The first-order chi connectivity index (χ1) is 13.4. The van der Waals surface area contributed by atoms with Gasteiger partial charge in [0, 0.05) is 28.7 Å². The van der Waals surface area contributed by atoms with Crippen LogP contribution in [-0.4, -0.2) is 28.5 Å². The number of anilines is 1. The summed E-state index contributed by atoms with van der Waals surface area (Å²) in [7, 11) is 0. The molecule has 2 aromatic carbocycles. The second-order valence-electron chi connectivity index (χ2n) is 6.04. The molecule has 0 unspecified atom stereocenters. The number of halogens is 2. The van der Waals surface area contributed by atoms with Gasteiger partial charge in [0.1, 0.15) is 0 Å². The first-order valence-electron chi connectivity index (χ1n) is 8.49. The van der Waals surface area contributed by atoms with E-state index in [0.29, 0.717) is 27.1 Å². The van der Waals surface area contributed by atoms with Crippen LogP contribution in [0.5, 0.6) is 0 Å². The Morgan fingerprint density at radius 1 is 1.00 bits per heavy atom. The van der Waals surface area contributed by atoms with E-state index < -0.39 is 0 Å². The Balaban J connectivity index is 1.52. The second kappa shape index (κ2) is 9.28. The number of carbonyl (C=O) groups excluding carboxylic acids is 3. The Bertz CT molecular complexity index is 927. The van der Waals surface area contributed by atoms with Gasteiger partial charge in [-0.05, 0) is 66.2 Å². The van der Waals surface area contributed by atoms with Crippen LogP contribution >= 0.6 is 35.0 Å². The van der Waals surface area contributed by atoms with Gasteiger partial charge >= 0.3 is 0 Å². The molecule has 0 spiro atoms. The predicted molar refractivity (Wildman–Crippen MR) is 113 cm³/mol. The Labute approximate surface area is 176 Å². The molecule has 3 rings (SSSR count). The van der Waals surface area contributed by atoms with E-state index in [-0.39, 0.29) is 30.0 Å². The normalized spacial score (nSPS) is 15.4. The highest BCUT2D eigenvalue weighted by molar-refractivity contribution is 8.18. The van der Waals surface area contributed by atoms with E-state index in [4.69, 9.17) is 23.2 Å². The largest absolute Gasteiger partial charge is 0.326 e. The fraction of sp³-hybridized carbons (Fsp3) is 0.150. The van der Waals surface area contributed by atoms with Crippen molar-refractivity contribution in [3.05, 3.63) is 69.0 Å². The third kappa shape index (κ3) is 5.38. The van der Waals surface area contributed by atoms with Crippen LogP contribution in [0.4, 0.5) is 10.5 Å². The van der Waals surface area contributed by atoms with Gasteiger partial charge in [-0.25, -0.2) is 0 Å². The van der Waals surface area contributed by atoms with Gasteiger partial charge in [0.05, 0.1) is 4.91 Å². The van der Waals surface area contributed by atoms with Crippen LogP contribution in [0.3, 0.4) is 0 Å². The van der Waals surface area contributed by atoms with E-state index in [0.717, 1.165) is 17.3 Å². The van der Waals surface area contributed by atoms with Gasteiger partial charge in [-0.2, -0.15) is 0 Å². The number of benzene rings is 2. The average Bonchev–Trinajstić information content (AvgIpc) is 2.93. The van der Waals surface area contributed by atoms with E-state index in [1.54, 1.807) is 54.6 Å². The highest BCUT2D eigenvalue weighted by Gasteiger charge is 2.34. The number of nitrogens with zero attached hydrogens (tertiary/aromatic N) is 1. The lowest BCUT2D eigenvalue weighted by Crippen LogP contribution is -2.29. The highest BCUT2D eigenvalue weighted by atomic mass is 35.5. The monoisotopic (exact) mass is 434 g/mol. The van der Waals surface area contributed by atoms with Gasteiger partial charge in [-0.15, -0.1) is 0 Å². The molecule has 0 saturated carbocycles. The molecule has 28 heavy (non-hydrogen) atoms. The fourth-order valence-electron chi connectivity index (χ4n) is 2.56. The third-order valence-electron chi connectivity index (χ3n) is 3.95. The Hall–Kier alpha value is -2.28. The fourth-order valence-corrected chi connectivity index (χ4v) is 3.67. The summed E-state index contributed by atoms with van der Waals surface area (Å²) in [5.74, 6) is -0.533. The number of hydrogen-bond donors (Lipinski definition) is 1. The molecule has 5 nitrogen and oxygen atoms in total. The zero-order valence-electron chi connectivity index (χ0n) is 14.7. The molecule has 1 heterocycles. The zero-order valence-corrected chi connectivity index (χ0v) is 17.0. The van der Waals surface area contributed by atoms with E-state index in [1.807, 2.05) is 0 Å². The summed E-state index contributed by atoms with van der Waals surface area (Å²) in [5, 5.41) is 3.61. The van der Waals surface area contributed by atoms with Crippen LogP contribution in [0.25, 0.3) is 6.08 Å². The molecule has 3 amide bonds. The van der Waals surface area contributed by atoms with Gasteiger partial charge < -0.3 is 5.32 Å². The number of carbonyl (C=O) groups is 3. The van der Waals surface area contributed by atoms with Gasteiger partial charge in [0.25, 0.3) is 11.1 Å². The molecule has 1 fully saturated rings. The maximum absolute atomic E-state index is 12.5. The molecular weight excluding hydrogens is 419 g/mol. The van der Waals surface area contributed by atoms with Crippen LogP contribution in [0.15, 0.2) is 53.4 Å². The first-order valence-corrected chi connectivity index (χ1v) is 10.1. The Kier molecular flexibility index (Phi) is 6.78. The van der Waals surface area contributed by atoms with Crippen molar-refractivity contribution in [1.29, 1.82) is 0 Å². The van der Waals surface area contributed by atoms with E-state index in [9.17, 15) is 14.4 Å². The standard InChI is InChI=1S/C20H16Cl2N2O3S/c21-14-5-3-13(4-6-14)12-17-19(26)24(20(27)28-17)11-1-2-18(25)23-16-9-7-15(22)8-10-16/h3-10,12H,1-2,11H2,(H,23,25)/b17-12-. The molecule has 0 aliphatic carbocycles. The maximum atomic E-state index is 12.5. The van der Waals surface area contributed by atoms with Crippen molar-refractivity contribution in [1.82, 2.24) is 4.90 Å². The average molecular weight is 435 g/mol. The summed E-state index contributed by atoms with van der Waals surface area (Å²) in [6.45, 7) is 0.191. The molecule has 0 aromatic heterocycles. The van der Waals surface area contributed by atoms with Gasteiger partial charge in [-0.1, -0.05) is 35.3 Å². The van der Waals surface area contributed by atoms with Crippen molar-refractivity contribution >= 4 is 63.8 Å². The number of thioether (sulfide) groups is 1. The maximum Gasteiger partial charge on any atom is 0.293 e. The van der Waals surface area contributed by atoms with Crippen LogP contribution in [0, 0.1) is 0 Å². The zero-order chi connectivity index (χ0) is 20.1. The summed E-state index contributed by atoms with van der Waals surface area (Å²) in [5.41, 5.74) is 1.43. The molecule has 1 aliphatic heterocycles. The summed E-state index contributed by atoms with van der Waals surface area (Å²) in [6.07, 6.45) is 2.24. The van der Waals surface area contributed by atoms with E-state index in [2.05, 4.69) is 5.32 Å². The molecule has 144 valence electrons.